The number of benzene rings is 2. The molecule has 0 fully saturated rings. The van der Waals surface area contributed by atoms with E-state index in [1.807, 2.05) is 25.1 Å². The molecule has 4 rings (SSSR count). The first-order valence-electron chi connectivity index (χ1n) is 7.98. The van der Waals surface area contributed by atoms with Crippen LogP contribution >= 0.6 is 0 Å². The molecule has 2 heterocycles. The minimum Gasteiger partial charge on any atom is -0.410 e. The summed E-state index contributed by atoms with van der Waals surface area (Å²) in [5.41, 5.74) is 1.53. The number of hydrogen-bond acceptors (Lipinski definition) is 6. The molecule has 1 amide bonds. The molecule has 0 radical (unpaired) electrons. The van der Waals surface area contributed by atoms with E-state index in [0.717, 1.165) is 11.3 Å². The van der Waals surface area contributed by atoms with Gasteiger partial charge in [-0.3, -0.25) is 4.79 Å². The molecule has 0 unspecified atom stereocenters. The Balaban J connectivity index is 1.48. The summed E-state index contributed by atoms with van der Waals surface area (Å²) in [6.45, 7) is 2.08. The van der Waals surface area contributed by atoms with Crippen LogP contribution in [0.15, 0.2) is 52.3 Å². The summed E-state index contributed by atoms with van der Waals surface area (Å²) in [6, 6.07) is 12.5. The monoisotopic (exact) mass is 349 g/mol. The number of nitrogens with one attached hydrogen (secondary N) is 3. The van der Waals surface area contributed by atoms with Gasteiger partial charge in [-0.15, -0.1) is 0 Å². The number of amides is 1. The average Bonchev–Trinajstić information content (AvgIpc) is 2.65. The highest BCUT2D eigenvalue weighted by Crippen LogP contribution is 2.31. The second-order valence-electron chi connectivity index (χ2n) is 5.84. The molecule has 26 heavy (non-hydrogen) atoms. The van der Waals surface area contributed by atoms with Crippen molar-refractivity contribution in [2.75, 3.05) is 11.9 Å². The topological polar surface area (TPSA) is 108 Å². The number of ether oxygens (including phenoxy) is 1. The van der Waals surface area contributed by atoms with Gasteiger partial charge in [-0.25, -0.2) is 14.9 Å². The van der Waals surface area contributed by atoms with Crippen LogP contribution in [-0.4, -0.2) is 28.7 Å². The van der Waals surface area contributed by atoms with Crippen molar-refractivity contribution in [3.63, 3.8) is 0 Å². The van der Waals surface area contributed by atoms with Crippen molar-refractivity contribution in [2.24, 2.45) is 4.99 Å². The normalized spacial score (nSPS) is 12.3. The fraction of sp³-hybridized carbons (Fsp3) is 0.111. The summed E-state index contributed by atoms with van der Waals surface area (Å²) in [5.74, 6) is 1.35. The molecule has 0 atom stereocenters. The molecule has 130 valence electrons. The number of aromatic amines is 1. The third-order valence-electron chi connectivity index (χ3n) is 3.95. The van der Waals surface area contributed by atoms with Crippen molar-refractivity contribution >= 4 is 34.2 Å². The molecular weight excluding hydrogens is 334 g/mol. The van der Waals surface area contributed by atoms with Crippen molar-refractivity contribution in [3.05, 3.63) is 58.4 Å². The maximum atomic E-state index is 11.9. The molecule has 0 saturated carbocycles. The standard InChI is InChI=1S/C18H15N5O3/c1-10-5-7-11(8-6-10)26-18(25)19-9-14-20-13-4-2-3-12-15(13)16(21-14)22-23-17(12)24/h2-8H,9H2,1H3,(H,19,25)(H,23,24)(H,20,21,22). The molecule has 1 aliphatic heterocycles. The van der Waals surface area contributed by atoms with Gasteiger partial charge in [0.1, 0.15) is 11.6 Å². The second kappa shape index (κ2) is 6.32. The van der Waals surface area contributed by atoms with Crippen molar-refractivity contribution in [3.8, 4) is 5.75 Å². The number of aromatic nitrogens is 2. The number of hydrogen-bond donors (Lipinski definition) is 3. The number of anilines is 1. The number of aliphatic imine (C=N–C) groups is 1. The van der Waals surface area contributed by atoms with Crippen LogP contribution in [-0.2, 0) is 0 Å². The summed E-state index contributed by atoms with van der Waals surface area (Å²) in [6.07, 6.45) is -0.586. The minimum atomic E-state index is -0.586. The van der Waals surface area contributed by atoms with E-state index in [4.69, 9.17) is 4.74 Å². The predicted molar refractivity (Wildman–Crippen MR) is 98.3 cm³/mol. The van der Waals surface area contributed by atoms with Crippen LogP contribution in [0.25, 0.3) is 10.8 Å². The lowest BCUT2D eigenvalue weighted by atomic mass is 10.1. The lowest BCUT2D eigenvalue weighted by Gasteiger charge is -2.17. The first-order chi connectivity index (χ1) is 12.6. The van der Waals surface area contributed by atoms with Crippen molar-refractivity contribution in [1.82, 2.24) is 15.5 Å². The van der Waals surface area contributed by atoms with Crippen LogP contribution in [0.3, 0.4) is 0 Å². The molecule has 0 aliphatic carbocycles. The molecule has 8 nitrogen and oxygen atoms in total. The van der Waals surface area contributed by atoms with Crippen LogP contribution in [0.4, 0.5) is 16.3 Å². The molecule has 0 spiro atoms. The summed E-state index contributed by atoms with van der Waals surface area (Å²) in [7, 11) is 0. The van der Waals surface area contributed by atoms with Crippen LogP contribution in [0, 0.1) is 6.92 Å². The SMILES string of the molecule is Cc1ccc(OC(=O)NCC2=Nc3n[nH]c(=O)c4cccc(c34)N2)cc1. The Kier molecular flexibility index (Phi) is 3.85. The van der Waals surface area contributed by atoms with Gasteiger partial charge < -0.3 is 15.4 Å². The first-order valence-corrected chi connectivity index (χ1v) is 7.98. The highest BCUT2D eigenvalue weighted by atomic mass is 16.6. The molecule has 0 saturated heterocycles. The number of aryl methyl sites for hydroxylation is 1. The van der Waals surface area contributed by atoms with Gasteiger partial charge in [0.05, 0.1) is 23.0 Å². The van der Waals surface area contributed by atoms with E-state index in [1.54, 1.807) is 24.3 Å². The summed E-state index contributed by atoms with van der Waals surface area (Å²) in [4.78, 5) is 28.1. The van der Waals surface area contributed by atoms with Gasteiger partial charge in [-0.05, 0) is 31.2 Å². The third kappa shape index (κ3) is 3.00. The Bertz CT molecular complexity index is 1090. The molecule has 8 heteroatoms. The van der Waals surface area contributed by atoms with Gasteiger partial charge in [0, 0.05) is 0 Å². The molecule has 3 N–H and O–H groups in total. The van der Waals surface area contributed by atoms with Gasteiger partial charge >= 0.3 is 6.09 Å². The Morgan fingerprint density at radius 1 is 1.19 bits per heavy atom. The number of rotatable bonds is 3. The second-order valence-corrected chi connectivity index (χ2v) is 5.84. The molecule has 1 aromatic heterocycles. The summed E-state index contributed by atoms with van der Waals surface area (Å²) < 4.78 is 5.21. The van der Waals surface area contributed by atoms with E-state index in [1.165, 1.54) is 0 Å². The van der Waals surface area contributed by atoms with Gasteiger partial charge in [0.15, 0.2) is 5.82 Å². The zero-order chi connectivity index (χ0) is 18.1. The lowest BCUT2D eigenvalue weighted by molar-refractivity contribution is 0.202. The smallest absolute Gasteiger partial charge is 0.410 e. The van der Waals surface area contributed by atoms with Crippen LogP contribution < -0.4 is 20.9 Å². The van der Waals surface area contributed by atoms with E-state index < -0.39 is 6.09 Å². The van der Waals surface area contributed by atoms with E-state index in [-0.39, 0.29) is 12.1 Å². The maximum Gasteiger partial charge on any atom is 0.412 e. The molecule has 2 aromatic carbocycles. The number of amidine groups is 1. The van der Waals surface area contributed by atoms with E-state index >= 15 is 0 Å². The fourth-order valence-corrected chi connectivity index (χ4v) is 2.69. The minimum absolute atomic E-state index is 0.126. The lowest BCUT2D eigenvalue weighted by Crippen LogP contribution is -2.35. The molecule has 0 bridgehead atoms. The maximum absolute atomic E-state index is 11.9. The Morgan fingerprint density at radius 3 is 2.81 bits per heavy atom. The Hall–Kier alpha value is -3.68. The van der Waals surface area contributed by atoms with E-state index in [9.17, 15) is 9.59 Å². The quantitative estimate of drug-likeness (QED) is 0.673. The number of carbonyl (C=O) groups is 1. The van der Waals surface area contributed by atoms with Gasteiger partial charge in [0.25, 0.3) is 5.56 Å². The summed E-state index contributed by atoms with van der Waals surface area (Å²) >= 11 is 0. The predicted octanol–water partition coefficient (Wildman–Crippen LogP) is 2.48. The van der Waals surface area contributed by atoms with Crippen LogP contribution in [0.1, 0.15) is 5.56 Å². The molecule has 1 aliphatic rings. The highest BCUT2D eigenvalue weighted by molar-refractivity contribution is 6.13. The Morgan fingerprint density at radius 2 is 2.00 bits per heavy atom. The Labute approximate surface area is 147 Å². The zero-order valence-electron chi connectivity index (χ0n) is 13.9. The average molecular weight is 349 g/mol. The van der Waals surface area contributed by atoms with E-state index in [0.29, 0.717) is 28.2 Å². The highest BCUT2D eigenvalue weighted by Gasteiger charge is 2.17. The number of H-pyrrole nitrogens is 1. The van der Waals surface area contributed by atoms with Crippen LogP contribution in [0.2, 0.25) is 0 Å². The zero-order valence-corrected chi connectivity index (χ0v) is 13.9. The third-order valence-corrected chi connectivity index (χ3v) is 3.95. The first kappa shape index (κ1) is 15.8. The molecule has 3 aromatic rings. The van der Waals surface area contributed by atoms with E-state index in [2.05, 4.69) is 25.8 Å². The summed E-state index contributed by atoms with van der Waals surface area (Å²) in [5, 5.41) is 13.3. The fourth-order valence-electron chi connectivity index (χ4n) is 2.69. The van der Waals surface area contributed by atoms with Crippen LogP contribution in [0.5, 0.6) is 5.75 Å². The number of nitrogens with zero attached hydrogens (tertiary/aromatic N) is 2. The van der Waals surface area contributed by atoms with Gasteiger partial charge in [0.2, 0.25) is 0 Å². The van der Waals surface area contributed by atoms with Gasteiger partial charge in [-0.2, -0.15) is 5.10 Å². The largest absolute Gasteiger partial charge is 0.412 e. The van der Waals surface area contributed by atoms with Crippen molar-refractivity contribution < 1.29 is 9.53 Å². The number of carbonyl (C=O) groups excluding carboxylic acids is 1. The van der Waals surface area contributed by atoms with Crippen molar-refractivity contribution in [2.45, 2.75) is 6.92 Å². The van der Waals surface area contributed by atoms with Gasteiger partial charge in [-0.1, -0.05) is 23.8 Å². The van der Waals surface area contributed by atoms with Crippen molar-refractivity contribution in [1.29, 1.82) is 0 Å². The molecular formula is C18H15N5O3.